The van der Waals surface area contributed by atoms with Gasteiger partial charge >= 0.3 is 0 Å². The monoisotopic (exact) mass is 335 g/mol. The van der Waals surface area contributed by atoms with Crippen molar-refractivity contribution >= 4 is 39.1 Å². The van der Waals surface area contributed by atoms with Crippen LogP contribution in [0.15, 0.2) is 41.1 Å². The van der Waals surface area contributed by atoms with E-state index in [9.17, 15) is 4.79 Å². The van der Waals surface area contributed by atoms with Gasteiger partial charge in [0.05, 0.1) is 27.9 Å². The minimum absolute atomic E-state index is 0.292. The molecule has 19 heavy (non-hydrogen) atoms. The zero-order valence-corrected chi connectivity index (χ0v) is 11.9. The average molecular weight is 337 g/mol. The lowest BCUT2D eigenvalue weighted by molar-refractivity contribution is 0.102. The van der Waals surface area contributed by atoms with Crippen LogP contribution in [0.2, 0.25) is 5.02 Å². The number of pyridine rings is 1. The molecule has 0 saturated carbocycles. The van der Waals surface area contributed by atoms with E-state index in [0.29, 0.717) is 26.3 Å². The van der Waals surface area contributed by atoms with E-state index in [0.717, 1.165) is 0 Å². The molecule has 94 valence electrons. The second-order valence-electron chi connectivity index (χ2n) is 3.62. The molecule has 0 aliphatic rings. The lowest BCUT2D eigenvalue weighted by Crippen LogP contribution is -2.13. The maximum atomic E-state index is 12.0. The number of halogens is 2. The number of carbonyl (C=O) groups excluding carboxylic acids is 1. The number of nitriles is 1. The first-order valence-electron chi connectivity index (χ1n) is 5.22. The number of hydrogen-bond donors (Lipinski definition) is 1. The molecule has 6 heteroatoms. The SMILES string of the molecule is N#Cc1ccc(NC(=O)c2cnccc2Cl)c(Br)c1. The Labute approximate surface area is 123 Å². The molecule has 0 fully saturated rings. The highest BCUT2D eigenvalue weighted by Gasteiger charge is 2.12. The van der Waals surface area contributed by atoms with E-state index >= 15 is 0 Å². The number of carbonyl (C=O) groups is 1. The number of nitrogens with one attached hydrogen (secondary N) is 1. The molecule has 2 aromatic rings. The fourth-order valence-electron chi connectivity index (χ4n) is 1.42. The summed E-state index contributed by atoms with van der Waals surface area (Å²) in [5, 5.41) is 11.8. The summed E-state index contributed by atoms with van der Waals surface area (Å²) in [6, 6.07) is 8.45. The minimum Gasteiger partial charge on any atom is -0.321 e. The third kappa shape index (κ3) is 3.11. The summed E-state index contributed by atoms with van der Waals surface area (Å²) in [5.41, 5.74) is 1.36. The molecule has 1 N–H and O–H groups in total. The van der Waals surface area contributed by atoms with Crippen LogP contribution in [-0.2, 0) is 0 Å². The van der Waals surface area contributed by atoms with Crippen LogP contribution in [0, 0.1) is 11.3 Å². The molecule has 0 radical (unpaired) electrons. The quantitative estimate of drug-likeness (QED) is 0.911. The van der Waals surface area contributed by atoms with Crippen LogP contribution in [0.3, 0.4) is 0 Å². The summed E-state index contributed by atoms with van der Waals surface area (Å²) in [4.78, 5) is 15.9. The highest BCUT2D eigenvalue weighted by Crippen LogP contribution is 2.24. The van der Waals surface area contributed by atoms with Crippen molar-refractivity contribution in [3.8, 4) is 6.07 Å². The Hall–Kier alpha value is -1.90. The second kappa shape index (κ2) is 5.83. The second-order valence-corrected chi connectivity index (χ2v) is 4.88. The van der Waals surface area contributed by atoms with Gasteiger partial charge < -0.3 is 5.32 Å². The van der Waals surface area contributed by atoms with Gasteiger partial charge in [-0.05, 0) is 40.2 Å². The Morgan fingerprint density at radius 1 is 1.42 bits per heavy atom. The third-order valence-electron chi connectivity index (χ3n) is 2.36. The van der Waals surface area contributed by atoms with Crippen molar-refractivity contribution in [3.63, 3.8) is 0 Å². The molecular weight excluding hydrogens is 330 g/mol. The van der Waals surface area contributed by atoms with Gasteiger partial charge in [0, 0.05) is 16.9 Å². The molecule has 2 rings (SSSR count). The molecule has 4 nitrogen and oxygen atoms in total. The Morgan fingerprint density at radius 3 is 2.84 bits per heavy atom. The number of anilines is 1. The molecule has 0 aliphatic carbocycles. The van der Waals surface area contributed by atoms with Crippen LogP contribution in [0.25, 0.3) is 0 Å². The van der Waals surface area contributed by atoms with Crippen LogP contribution >= 0.6 is 27.5 Å². The van der Waals surface area contributed by atoms with Crippen LogP contribution in [0.5, 0.6) is 0 Å². The van der Waals surface area contributed by atoms with E-state index in [1.165, 1.54) is 12.4 Å². The van der Waals surface area contributed by atoms with Crippen molar-refractivity contribution in [2.24, 2.45) is 0 Å². The highest BCUT2D eigenvalue weighted by molar-refractivity contribution is 9.10. The van der Waals surface area contributed by atoms with Gasteiger partial charge in [-0.25, -0.2) is 0 Å². The smallest absolute Gasteiger partial charge is 0.258 e. The largest absolute Gasteiger partial charge is 0.321 e. The van der Waals surface area contributed by atoms with Gasteiger partial charge in [-0.3, -0.25) is 9.78 Å². The van der Waals surface area contributed by atoms with E-state index in [-0.39, 0.29) is 5.91 Å². The molecular formula is C13H7BrClN3O. The van der Waals surface area contributed by atoms with Gasteiger partial charge in [0.2, 0.25) is 0 Å². The maximum absolute atomic E-state index is 12.0. The minimum atomic E-state index is -0.358. The fraction of sp³-hybridized carbons (Fsp3) is 0. The summed E-state index contributed by atoms with van der Waals surface area (Å²) in [6.45, 7) is 0. The molecule has 0 atom stereocenters. The molecule has 1 aromatic carbocycles. The molecule has 0 bridgehead atoms. The van der Waals surface area contributed by atoms with Crippen LogP contribution in [-0.4, -0.2) is 10.9 Å². The van der Waals surface area contributed by atoms with Crippen molar-refractivity contribution < 1.29 is 4.79 Å². The van der Waals surface area contributed by atoms with Crippen LogP contribution < -0.4 is 5.32 Å². The number of hydrogen-bond acceptors (Lipinski definition) is 3. The van der Waals surface area contributed by atoms with E-state index in [4.69, 9.17) is 16.9 Å². The van der Waals surface area contributed by atoms with Crippen LogP contribution in [0.4, 0.5) is 5.69 Å². The molecule has 1 heterocycles. The zero-order chi connectivity index (χ0) is 13.8. The first-order chi connectivity index (χ1) is 9.11. The Kier molecular flexibility index (Phi) is 4.15. The van der Waals surface area contributed by atoms with Crippen molar-refractivity contribution in [2.45, 2.75) is 0 Å². The maximum Gasteiger partial charge on any atom is 0.258 e. The van der Waals surface area contributed by atoms with Gasteiger partial charge in [-0.1, -0.05) is 11.6 Å². The van der Waals surface area contributed by atoms with Crippen LogP contribution in [0.1, 0.15) is 15.9 Å². The first-order valence-corrected chi connectivity index (χ1v) is 6.39. The number of benzene rings is 1. The number of nitrogens with zero attached hydrogens (tertiary/aromatic N) is 2. The number of rotatable bonds is 2. The summed E-state index contributed by atoms with van der Waals surface area (Å²) >= 11 is 9.21. The fourth-order valence-corrected chi connectivity index (χ4v) is 2.09. The molecule has 0 saturated heterocycles. The standard InChI is InChI=1S/C13H7BrClN3O/c14-10-5-8(6-16)1-2-12(10)18-13(19)9-7-17-4-3-11(9)15/h1-5,7H,(H,18,19). The first kappa shape index (κ1) is 13.5. The number of amides is 1. The van der Waals surface area contributed by atoms with Crippen molar-refractivity contribution in [2.75, 3.05) is 5.32 Å². The van der Waals surface area contributed by atoms with E-state index < -0.39 is 0 Å². The molecule has 0 unspecified atom stereocenters. The molecule has 1 amide bonds. The van der Waals surface area contributed by atoms with Gasteiger partial charge in [-0.2, -0.15) is 5.26 Å². The summed E-state index contributed by atoms with van der Waals surface area (Å²) < 4.78 is 0.625. The number of aromatic nitrogens is 1. The van der Waals surface area contributed by atoms with Crippen molar-refractivity contribution in [1.29, 1.82) is 5.26 Å². The van der Waals surface area contributed by atoms with E-state index in [2.05, 4.69) is 26.2 Å². The Morgan fingerprint density at radius 2 is 2.21 bits per heavy atom. The predicted molar refractivity (Wildman–Crippen MR) is 76.1 cm³/mol. The lowest BCUT2D eigenvalue weighted by Gasteiger charge is -2.08. The topological polar surface area (TPSA) is 65.8 Å². The zero-order valence-electron chi connectivity index (χ0n) is 9.52. The van der Waals surface area contributed by atoms with E-state index in [1.54, 1.807) is 24.3 Å². The predicted octanol–water partition coefficient (Wildman–Crippen LogP) is 3.62. The van der Waals surface area contributed by atoms with Crippen molar-refractivity contribution in [1.82, 2.24) is 4.98 Å². The third-order valence-corrected chi connectivity index (χ3v) is 3.34. The van der Waals surface area contributed by atoms with Gasteiger partial charge in [0.25, 0.3) is 5.91 Å². The van der Waals surface area contributed by atoms with E-state index in [1.807, 2.05) is 6.07 Å². The molecule has 1 aromatic heterocycles. The molecule has 0 spiro atoms. The summed E-state index contributed by atoms with van der Waals surface area (Å²) in [7, 11) is 0. The summed E-state index contributed by atoms with van der Waals surface area (Å²) in [5.74, 6) is -0.358. The van der Waals surface area contributed by atoms with Gasteiger partial charge in [-0.15, -0.1) is 0 Å². The summed E-state index contributed by atoms with van der Waals surface area (Å²) in [6.07, 6.45) is 2.91. The Bertz CT molecular complexity index is 682. The molecule has 0 aliphatic heterocycles. The Balaban J connectivity index is 2.25. The van der Waals surface area contributed by atoms with Crippen molar-refractivity contribution in [3.05, 3.63) is 57.3 Å². The normalized spacial score (nSPS) is 9.74. The highest BCUT2D eigenvalue weighted by atomic mass is 79.9. The van der Waals surface area contributed by atoms with Gasteiger partial charge in [0.1, 0.15) is 0 Å². The average Bonchev–Trinajstić information content (AvgIpc) is 2.41. The lowest BCUT2D eigenvalue weighted by atomic mass is 10.2. The van der Waals surface area contributed by atoms with Gasteiger partial charge in [0.15, 0.2) is 0 Å².